The number of nitrogens with zero attached hydrogens (tertiary/aromatic N) is 1. The fourth-order valence-corrected chi connectivity index (χ4v) is 5.73. The van der Waals surface area contributed by atoms with Crippen LogP contribution < -0.4 is 5.32 Å². The Labute approximate surface area is 246 Å². The SMILES string of the molecule is O=C(CN(Cc1ccc(Cl)c(Cl)c1)S(=O)(=O)c1ccc(Cl)cc1)Nc1ccc(Cl)cc1C(=O)c1ccccc1. The third-order valence-electron chi connectivity index (χ3n) is 5.65. The second-order valence-corrected chi connectivity index (χ2v) is 12.0. The highest BCUT2D eigenvalue weighted by molar-refractivity contribution is 7.89. The fraction of sp³-hybridized carbons (Fsp3) is 0.0714. The van der Waals surface area contributed by atoms with Crippen molar-refractivity contribution in [1.29, 1.82) is 0 Å². The van der Waals surface area contributed by atoms with Crippen molar-refractivity contribution in [3.8, 4) is 0 Å². The van der Waals surface area contributed by atoms with Gasteiger partial charge in [-0.2, -0.15) is 4.31 Å². The third kappa shape index (κ3) is 7.19. The van der Waals surface area contributed by atoms with Crippen molar-refractivity contribution in [3.63, 3.8) is 0 Å². The van der Waals surface area contributed by atoms with Gasteiger partial charge in [0.2, 0.25) is 15.9 Å². The minimum Gasteiger partial charge on any atom is -0.324 e. The summed E-state index contributed by atoms with van der Waals surface area (Å²) in [6.07, 6.45) is 0. The van der Waals surface area contributed by atoms with Crippen LogP contribution in [0.25, 0.3) is 0 Å². The first-order chi connectivity index (χ1) is 18.5. The molecule has 0 atom stereocenters. The van der Waals surface area contributed by atoms with Crippen LogP contribution in [0, 0.1) is 0 Å². The van der Waals surface area contributed by atoms with Gasteiger partial charge in [-0.3, -0.25) is 9.59 Å². The Morgan fingerprint density at radius 3 is 2.08 bits per heavy atom. The molecule has 0 aliphatic rings. The predicted molar refractivity (Wildman–Crippen MR) is 155 cm³/mol. The van der Waals surface area contributed by atoms with Gasteiger partial charge < -0.3 is 5.32 Å². The van der Waals surface area contributed by atoms with E-state index in [0.29, 0.717) is 26.2 Å². The summed E-state index contributed by atoms with van der Waals surface area (Å²) in [6.45, 7) is -0.738. The van der Waals surface area contributed by atoms with Gasteiger partial charge in [-0.1, -0.05) is 82.8 Å². The van der Waals surface area contributed by atoms with Crippen molar-refractivity contribution in [1.82, 2.24) is 4.31 Å². The van der Waals surface area contributed by atoms with Gasteiger partial charge >= 0.3 is 0 Å². The highest BCUT2D eigenvalue weighted by atomic mass is 35.5. The number of amides is 1. The molecule has 4 rings (SSSR count). The molecule has 1 amide bonds. The Balaban J connectivity index is 1.64. The molecule has 0 aliphatic carbocycles. The van der Waals surface area contributed by atoms with Crippen LogP contribution >= 0.6 is 46.4 Å². The number of hydrogen-bond donors (Lipinski definition) is 1. The summed E-state index contributed by atoms with van der Waals surface area (Å²) in [5, 5.41) is 3.88. The molecule has 4 aromatic carbocycles. The summed E-state index contributed by atoms with van der Waals surface area (Å²) in [5.74, 6) is -1.02. The third-order valence-corrected chi connectivity index (χ3v) is 8.68. The number of sulfonamides is 1. The smallest absolute Gasteiger partial charge is 0.243 e. The van der Waals surface area contributed by atoms with Crippen LogP contribution in [0.4, 0.5) is 5.69 Å². The zero-order chi connectivity index (χ0) is 28.2. The summed E-state index contributed by atoms with van der Waals surface area (Å²) in [6, 6.07) is 23.3. The van der Waals surface area contributed by atoms with Gasteiger partial charge in [0.1, 0.15) is 0 Å². The molecule has 0 aromatic heterocycles. The fourth-order valence-electron chi connectivity index (χ4n) is 3.73. The Morgan fingerprint density at radius 2 is 1.41 bits per heavy atom. The molecule has 6 nitrogen and oxygen atoms in total. The van der Waals surface area contributed by atoms with Gasteiger partial charge in [0, 0.05) is 27.7 Å². The zero-order valence-electron chi connectivity index (χ0n) is 20.1. The van der Waals surface area contributed by atoms with Gasteiger partial charge in [0.25, 0.3) is 0 Å². The molecule has 0 heterocycles. The van der Waals surface area contributed by atoms with Crippen LogP contribution in [0.2, 0.25) is 20.1 Å². The normalized spacial score (nSPS) is 11.4. The van der Waals surface area contributed by atoms with E-state index in [-0.39, 0.29) is 33.5 Å². The predicted octanol–water partition coefficient (Wildman–Crippen LogP) is 7.36. The van der Waals surface area contributed by atoms with E-state index in [2.05, 4.69) is 5.32 Å². The topological polar surface area (TPSA) is 83.6 Å². The number of hydrogen-bond acceptors (Lipinski definition) is 4. The van der Waals surface area contributed by atoms with Gasteiger partial charge in [-0.05, 0) is 60.2 Å². The first-order valence-corrected chi connectivity index (χ1v) is 14.4. The molecule has 0 spiro atoms. The minimum absolute atomic E-state index is 0.0498. The highest BCUT2D eigenvalue weighted by Crippen LogP contribution is 2.27. The minimum atomic E-state index is -4.15. The number of ketones is 1. The van der Waals surface area contributed by atoms with E-state index >= 15 is 0 Å². The molecular formula is C28H20Cl4N2O4S. The number of rotatable bonds is 9. The van der Waals surface area contributed by atoms with E-state index in [1.807, 2.05) is 0 Å². The average molecular weight is 622 g/mol. The number of benzene rings is 4. The summed E-state index contributed by atoms with van der Waals surface area (Å²) >= 11 is 24.2. The summed E-state index contributed by atoms with van der Waals surface area (Å²) in [4.78, 5) is 26.3. The lowest BCUT2D eigenvalue weighted by molar-refractivity contribution is -0.116. The number of anilines is 1. The van der Waals surface area contributed by atoms with Crippen LogP contribution in [-0.2, 0) is 21.4 Å². The number of carbonyl (C=O) groups excluding carboxylic acids is 2. The molecule has 0 radical (unpaired) electrons. The molecule has 11 heteroatoms. The van der Waals surface area contributed by atoms with Gasteiger partial charge in [0.05, 0.1) is 27.2 Å². The van der Waals surface area contributed by atoms with Crippen molar-refractivity contribution in [3.05, 3.63) is 128 Å². The molecule has 200 valence electrons. The number of halogens is 4. The lowest BCUT2D eigenvalue weighted by Gasteiger charge is -2.22. The first kappa shape index (κ1) is 29.1. The van der Waals surface area contributed by atoms with E-state index in [1.54, 1.807) is 42.5 Å². The molecule has 0 bridgehead atoms. The Morgan fingerprint density at radius 1 is 0.744 bits per heavy atom. The van der Waals surface area contributed by atoms with Crippen LogP contribution in [0.1, 0.15) is 21.5 Å². The van der Waals surface area contributed by atoms with Crippen molar-refractivity contribution in [2.45, 2.75) is 11.4 Å². The van der Waals surface area contributed by atoms with Crippen LogP contribution in [0.15, 0.2) is 95.9 Å². The molecule has 39 heavy (non-hydrogen) atoms. The first-order valence-electron chi connectivity index (χ1n) is 11.4. The lowest BCUT2D eigenvalue weighted by Crippen LogP contribution is -2.37. The number of carbonyl (C=O) groups is 2. The van der Waals surface area contributed by atoms with Crippen LogP contribution in [0.5, 0.6) is 0 Å². The standard InChI is InChI=1S/C28H20Cl4N2O4S/c29-20-7-10-22(11-8-20)39(37,38)34(16-18-6-12-24(31)25(32)14-18)17-27(35)33-26-13-9-21(30)15-23(26)28(36)19-4-2-1-3-5-19/h1-15H,16-17H2,(H,33,35). The van der Waals surface area contributed by atoms with E-state index in [1.165, 1.54) is 48.5 Å². The van der Waals surface area contributed by atoms with Crippen molar-refractivity contribution < 1.29 is 18.0 Å². The van der Waals surface area contributed by atoms with E-state index in [4.69, 9.17) is 46.4 Å². The molecule has 0 aliphatic heterocycles. The van der Waals surface area contributed by atoms with Crippen molar-refractivity contribution in [2.75, 3.05) is 11.9 Å². The molecule has 0 saturated carbocycles. The monoisotopic (exact) mass is 620 g/mol. The quantitative estimate of drug-likeness (QED) is 0.198. The molecule has 0 saturated heterocycles. The van der Waals surface area contributed by atoms with E-state index < -0.39 is 22.5 Å². The Hall–Kier alpha value is -2.91. The summed E-state index contributed by atoms with van der Waals surface area (Å²) < 4.78 is 28.1. The average Bonchev–Trinajstić information content (AvgIpc) is 2.91. The molecule has 4 aromatic rings. The maximum atomic E-state index is 13.6. The van der Waals surface area contributed by atoms with E-state index in [0.717, 1.165) is 4.31 Å². The van der Waals surface area contributed by atoms with E-state index in [9.17, 15) is 18.0 Å². The van der Waals surface area contributed by atoms with Crippen molar-refractivity contribution >= 4 is 73.8 Å². The van der Waals surface area contributed by atoms with Gasteiger partial charge in [-0.25, -0.2) is 8.42 Å². The second-order valence-electron chi connectivity index (χ2n) is 8.41. The lowest BCUT2D eigenvalue weighted by atomic mass is 10.0. The second kappa shape index (κ2) is 12.5. The van der Waals surface area contributed by atoms with Gasteiger partial charge in [-0.15, -0.1) is 0 Å². The Kier molecular flexibility index (Phi) is 9.33. The molecular weight excluding hydrogens is 602 g/mol. The van der Waals surface area contributed by atoms with Crippen molar-refractivity contribution in [2.24, 2.45) is 0 Å². The van der Waals surface area contributed by atoms with Crippen LogP contribution in [0.3, 0.4) is 0 Å². The summed E-state index contributed by atoms with van der Waals surface area (Å²) in [7, 11) is -4.15. The maximum Gasteiger partial charge on any atom is 0.243 e. The highest BCUT2D eigenvalue weighted by Gasteiger charge is 2.28. The molecule has 1 N–H and O–H groups in total. The van der Waals surface area contributed by atoms with Gasteiger partial charge in [0.15, 0.2) is 5.78 Å². The number of nitrogens with one attached hydrogen (secondary N) is 1. The molecule has 0 fully saturated rings. The molecule has 0 unspecified atom stereocenters. The van der Waals surface area contributed by atoms with Crippen LogP contribution in [-0.4, -0.2) is 31.0 Å². The maximum absolute atomic E-state index is 13.6. The zero-order valence-corrected chi connectivity index (χ0v) is 23.9. The summed E-state index contributed by atoms with van der Waals surface area (Å²) in [5.41, 5.74) is 1.28. The largest absolute Gasteiger partial charge is 0.324 e. The Bertz CT molecular complexity index is 1630.